The van der Waals surface area contributed by atoms with Gasteiger partial charge in [0.15, 0.2) is 5.69 Å². The molecule has 1 N–H and O–H groups in total. The van der Waals surface area contributed by atoms with Crippen molar-refractivity contribution in [3.8, 4) is 11.8 Å². The molecule has 1 aliphatic heterocycles. The number of aromatic hydroxyl groups is 1. The highest BCUT2D eigenvalue weighted by molar-refractivity contribution is 5.96. The highest BCUT2D eigenvalue weighted by atomic mass is 16.3. The summed E-state index contributed by atoms with van der Waals surface area (Å²) in [5.74, 6) is -0.312. The molecule has 7 heteroatoms. The van der Waals surface area contributed by atoms with Gasteiger partial charge in [0.05, 0.1) is 12.5 Å². The maximum Gasteiger partial charge on any atom is 0.315 e. The number of hydrogen-bond acceptors (Lipinski definition) is 5. The normalized spacial score (nSPS) is 19.4. The lowest BCUT2D eigenvalue weighted by Gasteiger charge is -2.37. The Hall–Kier alpha value is -3.14. The summed E-state index contributed by atoms with van der Waals surface area (Å²) < 4.78 is 1.77. The molecule has 1 saturated carbocycles. The molecule has 0 unspecified atom stereocenters. The van der Waals surface area contributed by atoms with Crippen LogP contribution in [0.25, 0.3) is 0 Å². The van der Waals surface area contributed by atoms with Crippen LogP contribution in [-0.4, -0.2) is 38.1 Å². The Labute approximate surface area is 194 Å². The van der Waals surface area contributed by atoms with Crippen molar-refractivity contribution in [2.24, 2.45) is 0 Å². The number of aryl methyl sites for hydroxylation is 1. The van der Waals surface area contributed by atoms with Crippen LogP contribution in [-0.2, 0) is 31.2 Å². The summed E-state index contributed by atoms with van der Waals surface area (Å²) in [7, 11) is 0. The van der Waals surface area contributed by atoms with E-state index in [0.717, 1.165) is 37.7 Å². The van der Waals surface area contributed by atoms with Crippen molar-refractivity contribution in [2.45, 2.75) is 83.7 Å². The average molecular weight is 449 g/mol. The van der Waals surface area contributed by atoms with Crippen LogP contribution < -0.4 is 5.56 Å². The van der Waals surface area contributed by atoms with Gasteiger partial charge in [-0.25, -0.2) is 0 Å². The maximum absolute atomic E-state index is 13.1. The molecule has 174 valence electrons. The lowest BCUT2D eigenvalue weighted by molar-refractivity contribution is 0.0613. The standard InChI is InChI=1S/C26H32N4O3/c1-4-18-12-19(8-11-27)14-20(13-18)26(9-6-7-10-26)15-21-28-24(32)23(31)22-25(33)29(5-2)17(3)16-30(21)22/h12-14,17,31H,4-10,15-16H2,1-3H3/t17-/m0/s1. The van der Waals surface area contributed by atoms with E-state index >= 15 is 0 Å². The molecule has 33 heavy (non-hydrogen) atoms. The van der Waals surface area contributed by atoms with Crippen molar-refractivity contribution in [3.05, 3.63) is 56.8 Å². The lowest BCUT2D eigenvalue weighted by atomic mass is 9.74. The predicted molar refractivity (Wildman–Crippen MR) is 125 cm³/mol. The lowest BCUT2D eigenvalue weighted by Crippen LogP contribution is -2.48. The smallest absolute Gasteiger partial charge is 0.315 e. The van der Waals surface area contributed by atoms with Crippen LogP contribution in [0.1, 0.15) is 79.5 Å². The van der Waals surface area contributed by atoms with Crippen LogP contribution >= 0.6 is 0 Å². The molecule has 1 aromatic heterocycles. The van der Waals surface area contributed by atoms with E-state index in [2.05, 4.69) is 36.2 Å². The summed E-state index contributed by atoms with van der Waals surface area (Å²) in [6.07, 6.45) is 5.86. The summed E-state index contributed by atoms with van der Waals surface area (Å²) in [6, 6.07) is 8.67. The van der Waals surface area contributed by atoms with Crippen LogP contribution in [0.2, 0.25) is 0 Å². The molecule has 0 saturated heterocycles. The van der Waals surface area contributed by atoms with Crippen LogP contribution in [0.3, 0.4) is 0 Å². The van der Waals surface area contributed by atoms with E-state index < -0.39 is 11.3 Å². The van der Waals surface area contributed by atoms with Gasteiger partial charge in [-0.3, -0.25) is 9.59 Å². The zero-order valence-electron chi connectivity index (χ0n) is 19.7. The number of benzene rings is 1. The van der Waals surface area contributed by atoms with E-state index in [4.69, 9.17) is 0 Å². The van der Waals surface area contributed by atoms with Crippen molar-refractivity contribution in [1.82, 2.24) is 14.5 Å². The van der Waals surface area contributed by atoms with Crippen molar-refractivity contribution in [2.75, 3.05) is 6.54 Å². The first-order valence-electron chi connectivity index (χ1n) is 12.0. The Kier molecular flexibility index (Phi) is 6.29. The van der Waals surface area contributed by atoms with Crippen LogP contribution in [0, 0.1) is 11.3 Å². The van der Waals surface area contributed by atoms with Crippen LogP contribution in [0.15, 0.2) is 23.0 Å². The highest BCUT2D eigenvalue weighted by Crippen LogP contribution is 2.44. The molecular weight excluding hydrogens is 416 g/mol. The Morgan fingerprint density at radius 1 is 1.18 bits per heavy atom. The molecule has 7 nitrogen and oxygen atoms in total. The Morgan fingerprint density at radius 3 is 2.52 bits per heavy atom. The van der Waals surface area contributed by atoms with E-state index in [1.54, 1.807) is 9.47 Å². The molecule has 1 aliphatic carbocycles. The Bertz CT molecular complexity index is 1170. The minimum Gasteiger partial charge on any atom is -0.501 e. The van der Waals surface area contributed by atoms with Gasteiger partial charge in [0.2, 0.25) is 5.75 Å². The number of rotatable bonds is 6. The van der Waals surface area contributed by atoms with Gasteiger partial charge in [0.1, 0.15) is 5.82 Å². The van der Waals surface area contributed by atoms with Gasteiger partial charge in [-0.1, -0.05) is 38.0 Å². The number of hydrogen-bond donors (Lipinski definition) is 1. The van der Waals surface area contributed by atoms with Gasteiger partial charge < -0.3 is 14.6 Å². The predicted octanol–water partition coefficient (Wildman–Crippen LogP) is 3.50. The van der Waals surface area contributed by atoms with E-state index in [1.807, 2.05) is 13.8 Å². The van der Waals surface area contributed by atoms with Gasteiger partial charge in [0.25, 0.3) is 5.91 Å². The molecule has 1 fully saturated rings. The van der Waals surface area contributed by atoms with Crippen molar-refractivity contribution >= 4 is 5.91 Å². The summed E-state index contributed by atoms with van der Waals surface area (Å²) in [5, 5.41) is 19.7. The Morgan fingerprint density at radius 2 is 1.88 bits per heavy atom. The number of fused-ring (bicyclic) bond motifs is 1. The van der Waals surface area contributed by atoms with Crippen molar-refractivity contribution < 1.29 is 9.90 Å². The first kappa shape index (κ1) is 23.0. The molecule has 1 amide bonds. The number of nitrogens with zero attached hydrogens (tertiary/aromatic N) is 4. The molecule has 2 heterocycles. The zero-order chi connectivity index (χ0) is 23.8. The fourth-order valence-corrected chi connectivity index (χ4v) is 5.68. The van der Waals surface area contributed by atoms with Crippen LogP contribution in [0.5, 0.6) is 5.75 Å². The highest BCUT2D eigenvalue weighted by Gasteiger charge is 2.40. The van der Waals surface area contributed by atoms with Gasteiger partial charge in [-0.05, 0) is 49.8 Å². The first-order valence-corrected chi connectivity index (χ1v) is 12.0. The second-order valence-corrected chi connectivity index (χ2v) is 9.47. The number of amides is 1. The summed E-state index contributed by atoms with van der Waals surface area (Å²) in [6.45, 7) is 7.00. The zero-order valence-corrected chi connectivity index (χ0v) is 19.7. The molecular formula is C26H32N4O3. The van der Waals surface area contributed by atoms with Gasteiger partial charge >= 0.3 is 5.56 Å². The van der Waals surface area contributed by atoms with E-state index in [9.17, 15) is 20.0 Å². The number of nitriles is 1. The topological polar surface area (TPSA) is 99.2 Å². The molecule has 1 aromatic carbocycles. The summed E-state index contributed by atoms with van der Waals surface area (Å²) >= 11 is 0. The first-order chi connectivity index (χ1) is 15.8. The number of aromatic nitrogens is 2. The Balaban J connectivity index is 1.84. The second-order valence-electron chi connectivity index (χ2n) is 9.47. The third kappa shape index (κ3) is 4.03. The van der Waals surface area contributed by atoms with E-state index in [-0.39, 0.29) is 23.1 Å². The molecule has 0 radical (unpaired) electrons. The van der Waals surface area contributed by atoms with E-state index in [0.29, 0.717) is 31.8 Å². The maximum atomic E-state index is 13.1. The van der Waals surface area contributed by atoms with E-state index in [1.165, 1.54) is 11.1 Å². The fourth-order valence-electron chi connectivity index (χ4n) is 5.68. The molecule has 0 bridgehead atoms. The molecule has 4 rings (SSSR count). The largest absolute Gasteiger partial charge is 0.501 e. The second kappa shape index (κ2) is 9.01. The molecule has 1 atom stereocenters. The minimum absolute atomic E-state index is 0.0531. The molecule has 0 spiro atoms. The van der Waals surface area contributed by atoms with Crippen molar-refractivity contribution in [1.29, 1.82) is 5.26 Å². The fraction of sp³-hybridized carbons (Fsp3) is 0.538. The number of carbonyl (C=O) groups is 1. The third-order valence-corrected chi connectivity index (χ3v) is 7.44. The summed E-state index contributed by atoms with van der Waals surface area (Å²) in [4.78, 5) is 31.7. The number of carbonyl (C=O) groups excluding carboxylic acids is 1. The SMILES string of the molecule is CCc1cc(CC#N)cc(C2(Cc3nc(=O)c(O)c4n3C[C@H](C)N(CC)C4=O)CCCC2)c1. The van der Waals surface area contributed by atoms with Gasteiger partial charge in [0, 0.05) is 31.0 Å². The minimum atomic E-state index is -0.740. The third-order valence-electron chi connectivity index (χ3n) is 7.44. The van der Waals surface area contributed by atoms with Gasteiger partial charge in [-0.2, -0.15) is 10.2 Å². The monoisotopic (exact) mass is 448 g/mol. The van der Waals surface area contributed by atoms with Crippen molar-refractivity contribution in [3.63, 3.8) is 0 Å². The summed E-state index contributed by atoms with van der Waals surface area (Å²) in [5.41, 5.74) is 2.51. The quantitative estimate of drug-likeness (QED) is 0.729. The molecule has 2 aromatic rings. The van der Waals surface area contributed by atoms with Gasteiger partial charge in [-0.15, -0.1) is 0 Å². The molecule has 2 aliphatic rings. The number of likely N-dealkylation sites (N-methyl/N-ethyl adjacent to an activating group) is 1. The average Bonchev–Trinajstić information content (AvgIpc) is 3.27. The van der Waals surface area contributed by atoms with Crippen LogP contribution in [0.4, 0.5) is 0 Å².